The number of halogens is 1. The molecule has 2 aromatic rings. The van der Waals surface area contributed by atoms with Gasteiger partial charge in [0.2, 0.25) is 0 Å². The van der Waals surface area contributed by atoms with E-state index in [1.54, 1.807) is 6.07 Å². The third kappa shape index (κ3) is 3.84. The zero-order chi connectivity index (χ0) is 15.2. The minimum Gasteiger partial charge on any atom is -0.271 e. The van der Waals surface area contributed by atoms with E-state index in [4.69, 9.17) is 5.26 Å². The van der Waals surface area contributed by atoms with Crippen LogP contribution < -0.4 is 10.9 Å². The number of nitrogens with zero attached hydrogens (tertiary/aromatic N) is 4. The first kappa shape index (κ1) is 14.1. The van der Waals surface area contributed by atoms with Crippen LogP contribution in [0.15, 0.2) is 30.6 Å². The van der Waals surface area contributed by atoms with E-state index >= 15 is 0 Å². The van der Waals surface area contributed by atoms with Crippen LogP contribution in [0.5, 0.6) is 0 Å². The normalized spacial score (nSPS) is 9.71. The molecule has 2 amide bonds. The Morgan fingerprint density at radius 2 is 2.00 bits per heavy atom. The van der Waals surface area contributed by atoms with Gasteiger partial charge >= 0.3 is 0 Å². The fraction of sp³-hybridized carbons (Fsp3) is 0.0833. The molecule has 9 heteroatoms. The fourth-order valence-corrected chi connectivity index (χ4v) is 1.41. The summed E-state index contributed by atoms with van der Waals surface area (Å²) >= 11 is 0. The highest BCUT2D eigenvalue weighted by molar-refractivity contribution is 5.95. The van der Waals surface area contributed by atoms with Gasteiger partial charge in [0.05, 0.1) is 0 Å². The zero-order valence-electron chi connectivity index (χ0n) is 10.6. The van der Waals surface area contributed by atoms with Gasteiger partial charge in [-0.15, -0.1) is 5.10 Å². The van der Waals surface area contributed by atoms with Gasteiger partial charge in [-0.05, 0) is 24.3 Å². The summed E-state index contributed by atoms with van der Waals surface area (Å²) in [6, 6.07) is 6.56. The molecule has 0 aliphatic carbocycles. The van der Waals surface area contributed by atoms with Gasteiger partial charge in [-0.3, -0.25) is 20.4 Å². The standard InChI is InChI=1S/C12H9FN6O2/c13-9-3-1-8(2-4-9)12(21)17-16-11(20)6-19-7-15-10(5-14)18-19/h1-4,7H,6H2,(H,16,20)(H,17,21). The summed E-state index contributed by atoms with van der Waals surface area (Å²) in [6.07, 6.45) is 1.22. The van der Waals surface area contributed by atoms with Crippen molar-refractivity contribution in [3.05, 3.63) is 47.8 Å². The van der Waals surface area contributed by atoms with Crippen LogP contribution in [0.3, 0.4) is 0 Å². The van der Waals surface area contributed by atoms with Crippen LogP contribution >= 0.6 is 0 Å². The number of amides is 2. The highest BCUT2D eigenvalue weighted by Gasteiger charge is 2.09. The van der Waals surface area contributed by atoms with E-state index in [0.717, 1.165) is 16.8 Å². The molecular formula is C12H9FN6O2. The Bertz CT molecular complexity index is 703. The molecule has 0 saturated carbocycles. The van der Waals surface area contributed by atoms with Gasteiger partial charge in [0.1, 0.15) is 24.8 Å². The van der Waals surface area contributed by atoms with Crippen molar-refractivity contribution in [1.82, 2.24) is 25.6 Å². The van der Waals surface area contributed by atoms with Crippen molar-refractivity contribution in [2.45, 2.75) is 6.54 Å². The van der Waals surface area contributed by atoms with E-state index in [0.29, 0.717) is 0 Å². The maximum Gasteiger partial charge on any atom is 0.269 e. The lowest BCUT2D eigenvalue weighted by atomic mass is 10.2. The monoisotopic (exact) mass is 288 g/mol. The number of carbonyl (C=O) groups is 2. The Kier molecular flexibility index (Phi) is 4.20. The first-order chi connectivity index (χ1) is 10.1. The summed E-state index contributed by atoms with van der Waals surface area (Å²) in [7, 11) is 0. The number of aromatic nitrogens is 3. The van der Waals surface area contributed by atoms with Crippen LogP contribution in [0, 0.1) is 17.1 Å². The van der Waals surface area contributed by atoms with Gasteiger partial charge in [-0.1, -0.05) is 0 Å². The van der Waals surface area contributed by atoms with E-state index < -0.39 is 17.6 Å². The highest BCUT2D eigenvalue weighted by atomic mass is 19.1. The second-order valence-electron chi connectivity index (χ2n) is 3.89. The van der Waals surface area contributed by atoms with Crippen molar-refractivity contribution in [3.8, 4) is 6.07 Å². The number of hydrogen-bond acceptors (Lipinski definition) is 5. The predicted octanol–water partition coefficient (Wildman–Crippen LogP) is -0.250. The molecule has 0 saturated heterocycles. The third-order valence-electron chi connectivity index (χ3n) is 2.36. The lowest BCUT2D eigenvalue weighted by molar-refractivity contribution is -0.122. The molecule has 0 aliphatic heterocycles. The maximum atomic E-state index is 12.7. The molecule has 0 fully saturated rings. The van der Waals surface area contributed by atoms with Crippen LogP contribution in [-0.2, 0) is 11.3 Å². The van der Waals surface area contributed by atoms with Crippen LogP contribution in [0.4, 0.5) is 4.39 Å². The van der Waals surface area contributed by atoms with Gasteiger partial charge in [0.25, 0.3) is 17.6 Å². The number of nitrogens with one attached hydrogen (secondary N) is 2. The number of nitriles is 1. The van der Waals surface area contributed by atoms with Crippen molar-refractivity contribution < 1.29 is 14.0 Å². The van der Waals surface area contributed by atoms with Gasteiger partial charge in [-0.2, -0.15) is 5.26 Å². The van der Waals surface area contributed by atoms with Gasteiger partial charge in [0, 0.05) is 5.56 Å². The quantitative estimate of drug-likeness (QED) is 0.756. The molecule has 21 heavy (non-hydrogen) atoms. The Hall–Kier alpha value is -3.28. The van der Waals surface area contributed by atoms with Crippen molar-refractivity contribution in [2.24, 2.45) is 0 Å². The molecule has 1 heterocycles. The molecule has 0 spiro atoms. The third-order valence-corrected chi connectivity index (χ3v) is 2.36. The Morgan fingerprint density at radius 3 is 2.62 bits per heavy atom. The molecule has 8 nitrogen and oxygen atoms in total. The number of benzene rings is 1. The molecule has 0 aliphatic rings. The molecular weight excluding hydrogens is 279 g/mol. The number of rotatable bonds is 3. The number of carbonyl (C=O) groups excluding carboxylic acids is 2. The summed E-state index contributed by atoms with van der Waals surface area (Å²) in [6.45, 7) is -0.210. The van der Waals surface area contributed by atoms with E-state index in [9.17, 15) is 14.0 Å². The van der Waals surface area contributed by atoms with Crippen molar-refractivity contribution in [1.29, 1.82) is 5.26 Å². The molecule has 0 atom stereocenters. The molecule has 2 rings (SSSR count). The lowest BCUT2D eigenvalue weighted by Crippen LogP contribution is -2.43. The molecule has 0 unspecified atom stereocenters. The summed E-state index contributed by atoms with van der Waals surface area (Å²) in [4.78, 5) is 26.8. The number of hydrogen-bond donors (Lipinski definition) is 2. The second-order valence-corrected chi connectivity index (χ2v) is 3.89. The van der Waals surface area contributed by atoms with Gasteiger partial charge in [-0.25, -0.2) is 14.1 Å². The first-order valence-electron chi connectivity index (χ1n) is 5.73. The topological polar surface area (TPSA) is 113 Å². The maximum absolute atomic E-state index is 12.7. The summed E-state index contributed by atoms with van der Waals surface area (Å²) in [5.74, 6) is -1.66. The predicted molar refractivity (Wildman–Crippen MR) is 66.7 cm³/mol. The van der Waals surface area contributed by atoms with Gasteiger partial charge < -0.3 is 0 Å². The van der Waals surface area contributed by atoms with Crippen molar-refractivity contribution >= 4 is 11.8 Å². The molecule has 0 radical (unpaired) electrons. The van der Waals surface area contributed by atoms with Crippen LogP contribution in [0.2, 0.25) is 0 Å². The van der Waals surface area contributed by atoms with Crippen molar-refractivity contribution in [2.75, 3.05) is 0 Å². The highest BCUT2D eigenvalue weighted by Crippen LogP contribution is 2.01. The fourth-order valence-electron chi connectivity index (χ4n) is 1.41. The van der Waals surface area contributed by atoms with E-state index in [2.05, 4.69) is 20.9 Å². The lowest BCUT2D eigenvalue weighted by Gasteiger charge is -2.07. The SMILES string of the molecule is N#Cc1ncn(CC(=O)NNC(=O)c2ccc(F)cc2)n1. The smallest absolute Gasteiger partial charge is 0.269 e. The zero-order valence-corrected chi connectivity index (χ0v) is 10.6. The van der Waals surface area contributed by atoms with Gasteiger partial charge in [0.15, 0.2) is 0 Å². The molecule has 0 bridgehead atoms. The minimum absolute atomic E-state index is 0.0573. The van der Waals surface area contributed by atoms with E-state index in [1.807, 2.05) is 0 Å². The largest absolute Gasteiger partial charge is 0.271 e. The summed E-state index contributed by atoms with van der Waals surface area (Å²) < 4.78 is 13.8. The average Bonchev–Trinajstić information content (AvgIpc) is 2.93. The Labute approximate surface area is 118 Å². The molecule has 1 aromatic heterocycles. The van der Waals surface area contributed by atoms with Crippen LogP contribution in [0.1, 0.15) is 16.2 Å². The van der Waals surface area contributed by atoms with E-state index in [1.165, 1.54) is 18.5 Å². The van der Waals surface area contributed by atoms with Crippen molar-refractivity contribution in [3.63, 3.8) is 0 Å². The minimum atomic E-state index is -0.584. The van der Waals surface area contributed by atoms with Crippen LogP contribution in [0.25, 0.3) is 0 Å². The molecule has 1 aromatic carbocycles. The molecule has 2 N–H and O–H groups in total. The second kappa shape index (κ2) is 6.25. The molecule has 106 valence electrons. The van der Waals surface area contributed by atoms with E-state index in [-0.39, 0.29) is 17.9 Å². The average molecular weight is 288 g/mol. The summed E-state index contributed by atoms with van der Waals surface area (Å²) in [5.41, 5.74) is 4.54. The number of hydrazine groups is 1. The Balaban J connectivity index is 1.85. The first-order valence-corrected chi connectivity index (χ1v) is 5.73. The Morgan fingerprint density at radius 1 is 1.29 bits per heavy atom. The summed E-state index contributed by atoms with van der Waals surface area (Å²) in [5, 5.41) is 12.2. The van der Waals surface area contributed by atoms with Crippen LogP contribution in [-0.4, -0.2) is 26.6 Å².